The van der Waals surface area contributed by atoms with Gasteiger partial charge >= 0.3 is 7.87 Å². The highest BCUT2D eigenvalue weighted by atomic mass is 31.2. The van der Waals surface area contributed by atoms with Crippen molar-refractivity contribution in [2.75, 3.05) is 41.0 Å². The lowest BCUT2D eigenvalue weighted by atomic mass is 10.2. The molecular weight excluding hydrogens is 309 g/mol. The Morgan fingerprint density at radius 2 is 1.35 bits per heavy atom. The number of unbranched alkanes of at least 4 members (excludes halogenated alkanes) is 6. The van der Waals surface area contributed by atoms with E-state index in [-0.39, 0.29) is 0 Å². The van der Waals surface area contributed by atoms with Gasteiger partial charge < -0.3 is 9.80 Å². The predicted octanol–water partition coefficient (Wildman–Crippen LogP) is 4.40. The quantitative estimate of drug-likeness (QED) is 0.246. The van der Waals surface area contributed by atoms with Gasteiger partial charge in [0.25, 0.3) is 0 Å². The predicted molar refractivity (Wildman–Crippen MR) is 103 cm³/mol. The zero-order chi connectivity index (χ0) is 17.7. The number of nitrogens with zero attached hydrogens (tertiary/aromatic N) is 3. The van der Waals surface area contributed by atoms with Gasteiger partial charge in [-0.3, -0.25) is 0 Å². The molecule has 0 fully saturated rings. The summed E-state index contributed by atoms with van der Waals surface area (Å²) in [7, 11) is 2.97. The molecule has 0 rings (SSSR count). The molecule has 0 spiro atoms. The van der Waals surface area contributed by atoms with Gasteiger partial charge in [0.2, 0.25) is 5.96 Å². The molecule has 0 bridgehead atoms. The first-order valence-electron chi connectivity index (χ1n) is 9.05. The van der Waals surface area contributed by atoms with Crippen molar-refractivity contribution in [1.82, 2.24) is 9.80 Å². The molecule has 0 aliphatic heterocycles. The van der Waals surface area contributed by atoms with Gasteiger partial charge in [0.15, 0.2) is 0 Å². The molecule has 0 aliphatic carbocycles. The summed E-state index contributed by atoms with van der Waals surface area (Å²) in [5, 5.41) is 0. The van der Waals surface area contributed by atoms with Gasteiger partial charge in [-0.25, -0.2) is 0 Å². The van der Waals surface area contributed by atoms with Crippen LogP contribution in [-0.4, -0.2) is 61.6 Å². The molecule has 1 atom stereocenters. The van der Waals surface area contributed by atoms with Crippen LogP contribution in [0.25, 0.3) is 0 Å². The first-order valence-corrected chi connectivity index (χ1v) is 11.1. The fraction of sp³-hybridized carbons (Fsp3) is 0.941. The van der Waals surface area contributed by atoms with Crippen LogP contribution in [0.5, 0.6) is 0 Å². The molecule has 1 N–H and O–H groups in total. The Balaban J connectivity index is 4.73. The molecular formula is C17H39N3O2P+. The van der Waals surface area contributed by atoms with Gasteiger partial charge in [0.1, 0.15) is 6.66 Å². The van der Waals surface area contributed by atoms with E-state index in [9.17, 15) is 4.89 Å². The van der Waals surface area contributed by atoms with Crippen molar-refractivity contribution in [3.63, 3.8) is 0 Å². The Bertz CT molecular complexity index is 305. The fourth-order valence-electron chi connectivity index (χ4n) is 2.40. The first-order chi connectivity index (χ1) is 10.9. The Labute approximate surface area is 144 Å². The highest BCUT2D eigenvalue weighted by Gasteiger charge is 2.32. The SMILES string of the molecule is CCCCCCN(C)C(=N[P+](C)(O)OC)N(C)CCCCCC. The highest BCUT2D eigenvalue weighted by molar-refractivity contribution is 7.63. The Kier molecular flexibility index (Phi) is 12.8. The van der Waals surface area contributed by atoms with Crippen molar-refractivity contribution >= 4 is 13.8 Å². The van der Waals surface area contributed by atoms with Gasteiger partial charge in [0.05, 0.1) is 7.11 Å². The third-order valence-electron chi connectivity index (χ3n) is 4.00. The molecule has 0 aromatic carbocycles. The van der Waals surface area contributed by atoms with E-state index in [0.29, 0.717) is 0 Å². The molecule has 5 nitrogen and oxygen atoms in total. The molecule has 1 unspecified atom stereocenters. The smallest absolute Gasteiger partial charge is 0.343 e. The fourth-order valence-corrected chi connectivity index (χ4v) is 3.12. The third-order valence-corrected chi connectivity index (χ3v) is 5.24. The topological polar surface area (TPSA) is 48.3 Å². The minimum Gasteiger partial charge on any atom is -0.343 e. The number of guanidine groups is 1. The van der Waals surface area contributed by atoms with E-state index in [4.69, 9.17) is 4.52 Å². The maximum absolute atomic E-state index is 10.3. The summed E-state index contributed by atoms with van der Waals surface area (Å²) < 4.78 is 9.72. The normalized spacial score (nSPS) is 13.5. The van der Waals surface area contributed by atoms with Crippen LogP contribution < -0.4 is 0 Å². The van der Waals surface area contributed by atoms with E-state index in [1.165, 1.54) is 45.6 Å². The van der Waals surface area contributed by atoms with E-state index >= 15 is 0 Å². The number of hydrogen-bond donors (Lipinski definition) is 1. The molecule has 0 aromatic rings. The minimum absolute atomic E-state index is 0.846. The molecule has 138 valence electrons. The van der Waals surface area contributed by atoms with Crippen LogP contribution in [0.1, 0.15) is 65.2 Å². The van der Waals surface area contributed by atoms with Crippen LogP contribution in [-0.2, 0) is 4.52 Å². The van der Waals surface area contributed by atoms with Crippen molar-refractivity contribution in [3.05, 3.63) is 0 Å². The van der Waals surface area contributed by atoms with E-state index in [0.717, 1.165) is 31.9 Å². The minimum atomic E-state index is -2.67. The van der Waals surface area contributed by atoms with Crippen molar-refractivity contribution in [1.29, 1.82) is 0 Å². The van der Waals surface area contributed by atoms with Gasteiger partial charge in [-0.15, -0.1) is 0 Å². The van der Waals surface area contributed by atoms with Crippen LogP contribution >= 0.6 is 7.87 Å². The summed E-state index contributed by atoms with van der Waals surface area (Å²) in [4.78, 5) is 14.6. The average molecular weight is 348 g/mol. The Morgan fingerprint density at radius 3 is 1.70 bits per heavy atom. The van der Waals surface area contributed by atoms with E-state index in [2.05, 4.69) is 42.5 Å². The Morgan fingerprint density at radius 1 is 0.913 bits per heavy atom. The molecule has 0 radical (unpaired) electrons. The standard InChI is InChI=1S/C17H39N3O2P/c1-7-9-11-13-15-19(3)17(18-23(6,21)22-5)20(4)16-14-12-10-8-2/h21H,7-16H2,1-6H3/q+1. The Hall–Kier alpha value is -0.380. The second-order valence-electron chi connectivity index (χ2n) is 6.38. The molecule has 0 heterocycles. The summed E-state index contributed by atoms with van der Waals surface area (Å²) in [6.45, 7) is 8.05. The van der Waals surface area contributed by atoms with Crippen molar-refractivity contribution in [2.24, 2.45) is 4.76 Å². The molecule has 23 heavy (non-hydrogen) atoms. The third kappa shape index (κ3) is 10.9. The lowest BCUT2D eigenvalue weighted by molar-refractivity contribution is 0.355. The molecule has 6 heteroatoms. The summed E-state index contributed by atoms with van der Waals surface area (Å²) in [6.07, 6.45) is 9.82. The van der Waals surface area contributed by atoms with E-state index in [1.807, 2.05) is 0 Å². The number of rotatable bonds is 12. The first kappa shape index (κ1) is 22.6. The summed E-state index contributed by atoms with van der Waals surface area (Å²) in [5.74, 6) is 0.846. The lowest BCUT2D eigenvalue weighted by Crippen LogP contribution is -2.41. The van der Waals surface area contributed by atoms with Crippen LogP contribution in [0.3, 0.4) is 0 Å². The lowest BCUT2D eigenvalue weighted by Gasteiger charge is -2.29. The monoisotopic (exact) mass is 348 g/mol. The molecule has 0 aromatic heterocycles. The molecule has 0 aliphatic rings. The van der Waals surface area contributed by atoms with Crippen LogP contribution in [0.4, 0.5) is 0 Å². The maximum Gasteiger partial charge on any atom is 0.391 e. The van der Waals surface area contributed by atoms with Crippen LogP contribution in [0.2, 0.25) is 0 Å². The van der Waals surface area contributed by atoms with Crippen LogP contribution in [0, 0.1) is 0 Å². The van der Waals surface area contributed by atoms with E-state index in [1.54, 1.807) is 6.66 Å². The summed E-state index contributed by atoms with van der Waals surface area (Å²) >= 11 is 0. The van der Waals surface area contributed by atoms with E-state index < -0.39 is 7.87 Å². The van der Waals surface area contributed by atoms with Gasteiger partial charge in [-0.1, -0.05) is 52.4 Å². The largest absolute Gasteiger partial charge is 0.391 e. The molecule has 0 saturated heterocycles. The highest BCUT2D eigenvalue weighted by Crippen LogP contribution is 2.52. The summed E-state index contributed by atoms with van der Waals surface area (Å²) in [5.41, 5.74) is 0. The average Bonchev–Trinajstić information content (AvgIpc) is 2.53. The van der Waals surface area contributed by atoms with Crippen molar-refractivity contribution < 1.29 is 9.42 Å². The van der Waals surface area contributed by atoms with Crippen molar-refractivity contribution in [3.8, 4) is 0 Å². The van der Waals surface area contributed by atoms with Crippen molar-refractivity contribution in [2.45, 2.75) is 65.2 Å². The number of hydrogen-bond acceptors (Lipinski definition) is 3. The zero-order valence-electron chi connectivity index (χ0n) is 16.2. The van der Waals surface area contributed by atoms with Crippen LogP contribution in [0.15, 0.2) is 4.76 Å². The zero-order valence-corrected chi connectivity index (χ0v) is 17.1. The molecule has 0 saturated carbocycles. The van der Waals surface area contributed by atoms with Gasteiger partial charge in [-0.2, -0.15) is 9.42 Å². The maximum atomic E-state index is 10.3. The molecule has 0 amide bonds. The second-order valence-corrected chi connectivity index (χ2v) is 8.62. The second kappa shape index (κ2) is 13.0. The van der Waals surface area contributed by atoms with Gasteiger partial charge in [0, 0.05) is 27.2 Å². The van der Waals surface area contributed by atoms with Gasteiger partial charge in [-0.05, 0) is 17.6 Å². The summed E-state index contributed by atoms with van der Waals surface area (Å²) in [6, 6.07) is 0.